The van der Waals surface area contributed by atoms with Crippen molar-refractivity contribution in [3.8, 4) is 11.4 Å². The van der Waals surface area contributed by atoms with Crippen molar-refractivity contribution in [2.75, 3.05) is 18.9 Å². The normalized spacial score (nSPS) is 19.2. The average molecular weight is 476 g/mol. The largest absolute Gasteiger partial charge is 0.337 e. The number of nitrogens with one attached hydrogen (secondary N) is 2. The topological polar surface area (TPSA) is 117 Å². The maximum atomic E-state index is 12.8. The van der Waals surface area contributed by atoms with E-state index in [1.54, 1.807) is 24.3 Å². The summed E-state index contributed by atoms with van der Waals surface area (Å²) < 4.78 is 33.8. The van der Waals surface area contributed by atoms with Gasteiger partial charge in [-0.1, -0.05) is 16.8 Å². The average Bonchev–Trinajstić information content (AvgIpc) is 3.35. The Morgan fingerprint density at radius 3 is 2.50 bits per heavy atom. The van der Waals surface area contributed by atoms with E-state index < -0.39 is 10.0 Å². The van der Waals surface area contributed by atoms with Crippen LogP contribution < -0.4 is 10.0 Å². The predicted molar refractivity (Wildman–Crippen MR) is 120 cm³/mol. The van der Waals surface area contributed by atoms with Gasteiger partial charge in [-0.05, 0) is 62.0 Å². The van der Waals surface area contributed by atoms with Gasteiger partial charge < -0.3 is 9.84 Å². The van der Waals surface area contributed by atoms with Crippen LogP contribution in [0.3, 0.4) is 0 Å². The highest BCUT2D eigenvalue weighted by Gasteiger charge is 2.36. The molecule has 1 aliphatic heterocycles. The van der Waals surface area contributed by atoms with Crippen molar-refractivity contribution in [1.29, 1.82) is 0 Å². The molecule has 2 atom stereocenters. The summed E-state index contributed by atoms with van der Waals surface area (Å²) in [4.78, 5) is 17.7. The second-order valence-electron chi connectivity index (χ2n) is 7.68. The summed E-state index contributed by atoms with van der Waals surface area (Å²) in [7, 11) is -1.85. The molecule has 0 spiro atoms. The molecular formula is C21H22ClN5O4S. The Morgan fingerprint density at radius 2 is 1.84 bits per heavy atom. The number of nitrogens with zero attached hydrogens (tertiary/aromatic N) is 3. The van der Waals surface area contributed by atoms with Crippen LogP contribution in [0.15, 0.2) is 57.9 Å². The Kier molecular flexibility index (Phi) is 6.29. The fourth-order valence-electron chi connectivity index (χ4n) is 3.67. The molecule has 1 aliphatic rings. The molecule has 168 valence electrons. The van der Waals surface area contributed by atoms with Crippen LogP contribution in [0.5, 0.6) is 0 Å². The third-order valence-electron chi connectivity index (χ3n) is 5.18. The maximum Gasteiger partial charge on any atom is 0.244 e. The summed E-state index contributed by atoms with van der Waals surface area (Å²) in [5.41, 5.74) is 1.31. The maximum absolute atomic E-state index is 12.8. The zero-order valence-corrected chi connectivity index (χ0v) is 19.0. The Balaban J connectivity index is 1.44. The summed E-state index contributed by atoms with van der Waals surface area (Å²) in [6.07, 6.45) is 0.488. The van der Waals surface area contributed by atoms with Crippen LogP contribution in [-0.2, 0) is 14.8 Å². The molecule has 0 radical (unpaired) electrons. The Hall–Kier alpha value is -2.79. The fraction of sp³-hybridized carbons (Fsp3) is 0.286. The molecule has 32 heavy (non-hydrogen) atoms. The Labute approximate surface area is 190 Å². The molecule has 1 amide bonds. The molecular weight excluding hydrogens is 454 g/mol. The molecule has 4 rings (SSSR count). The van der Waals surface area contributed by atoms with Gasteiger partial charge in [-0.15, -0.1) is 0 Å². The highest BCUT2D eigenvalue weighted by atomic mass is 35.5. The molecule has 1 aromatic heterocycles. The standard InChI is InChI=1S/C21H22ClN5O4S/c1-13(28)23-16-7-9-18(10-8-16)32(29,30)26-17-11-19(27(2)12-17)21-24-20(25-31-21)14-3-5-15(22)6-4-14/h3-10,17,19,26H,11-12H2,1-2H3,(H,23,28)/t17-,19+/m1/s1. The van der Waals surface area contributed by atoms with Gasteiger partial charge in [0.2, 0.25) is 27.6 Å². The number of likely N-dealkylation sites (tertiary alicyclic amines) is 1. The smallest absolute Gasteiger partial charge is 0.244 e. The minimum atomic E-state index is -3.73. The first-order valence-electron chi connectivity index (χ1n) is 9.91. The molecule has 2 N–H and O–H groups in total. The van der Waals surface area contributed by atoms with Crippen LogP contribution >= 0.6 is 11.6 Å². The van der Waals surface area contributed by atoms with E-state index >= 15 is 0 Å². The molecule has 3 aromatic rings. The number of likely N-dealkylation sites (N-methyl/N-ethyl adjacent to an activating group) is 1. The van der Waals surface area contributed by atoms with Crippen molar-refractivity contribution >= 4 is 33.2 Å². The van der Waals surface area contributed by atoms with E-state index in [-0.39, 0.29) is 22.9 Å². The lowest BCUT2D eigenvalue weighted by atomic mass is 10.2. The lowest BCUT2D eigenvalue weighted by molar-refractivity contribution is -0.114. The first kappa shape index (κ1) is 22.4. The van der Waals surface area contributed by atoms with Gasteiger partial charge >= 0.3 is 0 Å². The molecule has 2 heterocycles. The minimum Gasteiger partial charge on any atom is -0.337 e. The second-order valence-corrected chi connectivity index (χ2v) is 9.83. The molecule has 0 aliphatic carbocycles. The Bertz CT molecular complexity index is 1210. The van der Waals surface area contributed by atoms with Gasteiger partial charge in [-0.2, -0.15) is 4.98 Å². The van der Waals surface area contributed by atoms with Crippen LogP contribution in [-0.4, -0.2) is 49.0 Å². The molecule has 11 heteroatoms. The van der Waals surface area contributed by atoms with Crippen molar-refractivity contribution < 1.29 is 17.7 Å². The summed E-state index contributed by atoms with van der Waals surface area (Å²) in [5.74, 6) is 0.658. The van der Waals surface area contributed by atoms with E-state index in [0.717, 1.165) is 5.56 Å². The minimum absolute atomic E-state index is 0.125. The monoisotopic (exact) mass is 475 g/mol. The van der Waals surface area contributed by atoms with Crippen molar-refractivity contribution in [3.63, 3.8) is 0 Å². The number of halogens is 1. The number of carbonyl (C=O) groups is 1. The summed E-state index contributed by atoms with van der Waals surface area (Å²) >= 11 is 5.92. The van der Waals surface area contributed by atoms with Gasteiger partial charge in [0.1, 0.15) is 0 Å². The number of carbonyl (C=O) groups excluding carboxylic acids is 1. The van der Waals surface area contributed by atoms with E-state index in [9.17, 15) is 13.2 Å². The number of benzene rings is 2. The third-order valence-corrected chi connectivity index (χ3v) is 6.97. The highest BCUT2D eigenvalue weighted by Crippen LogP contribution is 2.32. The van der Waals surface area contributed by atoms with Crippen molar-refractivity contribution in [2.45, 2.75) is 30.3 Å². The zero-order valence-electron chi connectivity index (χ0n) is 17.4. The quantitative estimate of drug-likeness (QED) is 0.562. The number of hydrogen-bond acceptors (Lipinski definition) is 7. The molecule has 1 fully saturated rings. The lowest BCUT2D eigenvalue weighted by Crippen LogP contribution is -2.36. The molecule has 0 bridgehead atoms. The van der Waals surface area contributed by atoms with Crippen LogP contribution in [0.2, 0.25) is 5.02 Å². The number of aromatic nitrogens is 2. The van der Waals surface area contributed by atoms with E-state index in [1.165, 1.54) is 19.1 Å². The van der Waals surface area contributed by atoms with Crippen molar-refractivity contribution in [3.05, 3.63) is 59.4 Å². The van der Waals surface area contributed by atoms with Gasteiger partial charge in [0.25, 0.3) is 0 Å². The Morgan fingerprint density at radius 1 is 1.16 bits per heavy atom. The van der Waals surface area contributed by atoms with Gasteiger partial charge in [0, 0.05) is 35.8 Å². The van der Waals surface area contributed by atoms with Gasteiger partial charge in [0.05, 0.1) is 10.9 Å². The molecule has 1 saturated heterocycles. The van der Waals surface area contributed by atoms with Gasteiger partial charge in [-0.3, -0.25) is 9.69 Å². The number of sulfonamides is 1. The zero-order chi connectivity index (χ0) is 22.9. The highest BCUT2D eigenvalue weighted by molar-refractivity contribution is 7.89. The van der Waals surface area contributed by atoms with Crippen LogP contribution in [0.4, 0.5) is 5.69 Å². The summed E-state index contributed by atoms with van der Waals surface area (Å²) in [5, 5.41) is 7.28. The number of amides is 1. The van der Waals surface area contributed by atoms with Crippen LogP contribution in [0, 0.1) is 0 Å². The molecule has 2 aromatic carbocycles. The predicted octanol–water partition coefficient (Wildman–Crippen LogP) is 3.07. The SMILES string of the molecule is CC(=O)Nc1ccc(S(=O)(=O)N[C@@H]2C[C@@H](c3nc(-c4ccc(Cl)cc4)no3)N(C)C2)cc1. The number of rotatable bonds is 6. The van der Waals surface area contributed by atoms with Crippen LogP contribution in [0.1, 0.15) is 25.3 Å². The van der Waals surface area contributed by atoms with E-state index in [2.05, 4.69) is 20.2 Å². The van der Waals surface area contributed by atoms with E-state index in [4.69, 9.17) is 16.1 Å². The van der Waals surface area contributed by atoms with Crippen molar-refractivity contribution in [1.82, 2.24) is 19.8 Å². The first-order valence-corrected chi connectivity index (χ1v) is 11.8. The first-order chi connectivity index (χ1) is 15.2. The molecule has 0 saturated carbocycles. The number of hydrogen-bond donors (Lipinski definition) is 2. The van der Waals surface area contributed by atoms with Crippen molar-refractivity contribution in [2.24, 2.45) is 0 Å². The van der Waals surface area contributed by atoms with E-state index in [0.29, 0.717) is 35.4 Å². The number of anilines is 1. The van der Waals surface area contributed by atoms with Gasteiger partial charge in [-0.25, -0.2) is 13.1 Å². The summed E-state index contributed by atoms with van der Waals surface area (Å²) in [6, 6.07) is 12.6. The van der Waals surface area contributed by atoms with E-state index in [1.807, 2.05) is 24.1 Å². The molecule has 0 unspecified atom stereocenters. The third kappa shape index (κ3) is 4.99. The fourth-order valence-corrected chi connectivity index (χ4v) is 5.03. The van der Waals surface area contributed by atoms with Gasteiger partial charge in [0.15, 0.2) is 0 Å². The molecule has 9 nitrogen and oxygen atoms in total. The second kappa shape index (κ2) is 8.99. The lowest BCUT2D eigenvalue weighted by Gasteiger charge is -2.14. The summed E-state index contributed by atoms with van der Waals surface area (Å²) in [6.45, 7) is 1.88. The van der Waals surface area contributed by atoms with Crippen LogP contribution in [0.25, 0.3) is 11.4 Å².